The predicted octanol–water partition coefficient (Wildman–Crippen LogP) is 2.09. The van der Waals surface area contributed by atoms with Gasteiger partial charge < -0.3 is 18.9 Å². The zero-order chi connectivity index (χ0) is 13.6. The second-order valence-corrected chi connectivity index (χ2v) is 4.64. The van der Waals surface area contributed by atoms with Gasteiger partial charge in [-0.1, -0.05) is 12.8 Å². The molecule has 0 amide bonds. The summed E-state index contributed by atoms with van der Waals surface area (Å²) in [5.74, 6) is -1.40. The summed E-state index contributed by atoms with van der Waals surface area (Å²) in [6.07, 6.45) is 4.01. The van der Waals surface area contributed by atoms with Crippen molar-refractivity contribution in [3.8, 4) is 0 Å². The van der Waals surface area contributed by atoms with Gasteiger partial charge in [-0.3, -0.25) is 4.79 Å². The minimum Gasteiger partial charge on any atom is -0.466 e. The zero-order valence-electron chi connectivity index (χ0n) is 11.8. The molecule has 0 unspecified atom stereocenters. The van der Waals surface area contributed by atoms with Gasteiger partial charge in [0.1, 0.15) is 0 Å². The molecule has 5 nitrogen and oxygen atoms in total. The van der Waals surface area contributed by atoms with Crippen molar-refractivity contribution >= 4 is 5.97 Å². The molecular formula is C13H24O5. The van der Waals surface area contributed by atoms with Crippen molar-refractivity contribution in [3.63, 3.8) is 0 Å². The maximum atomic E-state index is 11.8. The lowest BCUT2D eigenvalue weighted by Gasteiger charge is -2.44. The number of carbonyl (C=O) groups excluding carboxylic acids is 1. The van der Waals surface area contributed by atoms with Gasteiger partial charge in [-0.2, -0.15) is 0 Å². The van der Waals surface area contributed by atoms with Crippen LogP contribution in [0.15, 0.2) is 0 Å². The van der Waals surface area contributed by atoms with E-state index in [1.165, 1.54) is 21.3 Å². The highest BCUT2D eigenvalue weighted by atomic mass is 16.9. The summed E-state index contributed by atoms with van der Waals surface area (Å²) in [7, 11) is 4.62. The Morgan fingerprint density at radius 3 is 2.00 bits per heavy atom. The number of carbonyl (C=O) groups is 1. The smallest absolute Gasteiger partial charge is 0.306 e. The number of hydrogen-bond acceptors (Lipinski definition) is 5. The van der Waals surface area contributed by atoms with Crippen molar-refractivity contribution in [2.45, 2.75) is 45.0 Å². The van der Waals surface area contributed by atoms with E-state index in [1.54, 1.807) is 6.92 Å². The van der Waals surface area contributed by atoms with Crippen molar-refractivity contribution in [1.29, 1.82) is 0 Å². The Hall–Kier alpha value is -0.650. The van der Waals surface area contributed by atoms with Crippen molar-refractivity contribution in [2.24, 2.45) is 5.41 Å². The Balaban J connectivity index is 2.94. The highest BCUT2D eigenvalue weighted by molar-refractivity contribution is 5.70. The van der Waals surface area contributed by atoms with E-state index >= 15 is 0 Å². The van der Waals surface area contributed by atoms with E-state index < -0.39 is 11.4 Å². The molecule has 0 radical (unpaired) electrons. The molecule has 0 atom stereocenters. The van der Waals surface area contributed by atoms with Crippen molar-refractivity contribution < 1.29 is 23.7 Å². The molecule has 0 aliphatic heterocycles. The highest BCUT2D eigenvalue weighted by Gasteiger charge is 2.56. The van der Waals surface area contributed by atoms with Gasteiger partial charge in [0.15, 0.2) is 0 Å². The quantitative estimate of drug-likeness (QED) is 0.518. The SMILES string of the molecule is CCOC(=O)CC1(C(OC)(OC)OC)CCCC1. The molecule has 1 aliphatic rings. The molecular weight excluding hydrogens is 236 g/mol. The fourth-order valence-corrected chi connectivity index (χ4v) is 3.03. The van der Waals surface area contributed by atoms with Crippen LogP contribution in [0, 0.1) is 5.41 Å². The van der Waals surface area contributed by atoms with E-state index in [2.05, 4.69) is 0 Å². The molecule has 5 heteroatoms. The number of methoxy groups -OCH3 is 3. The lowest BCUT2D eigenvalue weighted by Crippen LogP contribution is -2.52. The fraction of sp³-hybridized carbons (Fsp3) is 0.923. The van der Waals surface area contributed by atoms with Crippen LogP contribution in [0.25, 0.3) is 0 Å². The van der Waals surface area contributed by atoms with Gasteiger partial charge in [-0.05, 0) is 19.8 Å². The molecule has 106 valence electrons. The lowest BCUT2D eigenvalue weighted by molar-refractivity contribution is -0.406. The summed E-state index contributed by atoms with van der Waals surface area (Å²) in [5, 5.41) is 0. The molecule has 0 aromatic carbocycles. The first-order chi connectivity index (χ1) is 8.59. The van der Waals surface area contributed by atoms with E-state index in [0.717, 1.165) is 25.7 Å². The van der Waals surface area contributed by atoms with Gasteiger partial charge >= 0.3 is 5.97 Å². The molecule has 1 fully saturated rings. The first-order valence-electron chi connectivity index (χ1n) is 6.41. The van der Waals surface area contributed by atoms with Gasteiger partial charge in [0.05, 0.1) is 18.4 Å². The number of hydrogen-bond donors (Lipinski definition) is 0. The molecule has 0 bridgehead atoms. The Kier molecular flexibility index (Phi) is 5.56. The molecule has 1 aliphatic carbocycles. The van der Waals surface area contributed by atoms with Crippen LogP contribution < -0.4 is 0 Å². The third-order valence-electron chi connectivity index (χ3n) is 3.80. The third-order valence-corrected chi connectivity index (χ3v) is 3.80. The summed E-state index contributed by atoms with van der Waals surface area (Å²) in [6, 6.07) is 0. The van der Waals surface area contributed by atoms with Crippen LogP contribution in [0.1, 0.15) is 39.0 Å². The summed E-state index contributed by atoms with van der Waals surface area (Å²) < 4.78 is 21.4. The van der Waals surface area contributed by atoms with Crippen LogP contribution in [0.3, 0.4) is 0 Å². The van der Waals surface area contributed by atoms with Gasteiger partial charge in [-0.15, -0.1) is 0 Å². The summed E-state index contributed by atoms with van der Waals surface area (Å²) in [4.78, 5) is 11.8. The van der Waals surface area contributed by atoms with Crippen molar-refractivity contribution in [2.75, 3.05) is 27.9 Å². The van der Waals surface area contributed by atoms with Gasteiger partial charge in [-0.25, -0.2) is 0 Å². The first-order valence-corrected chi connectivity index (χ1v) is 6.41. The van der Waals surface area contributed by atoms with Crippen molar-refractivity contribution in [3.05, 3.63) is 0 Å². The minimum absolute atomic E-state index is 0.227. The van der Waals surface area contributed by atoms with E-state index in [1.807, 2.05) is 0 Å². The Labute approximate surface area is 109 Å². The predicted molar refractivity (Wildman–Crippen MR) is 65.9 cm³/mol. The fourth-order valence-electron chi connectivity index (χ4n) is 3.03. The maximum Gasteiger partial charge on any atom is 0.306 e. The van der Waals surface area contributed by atoms with Crippen LogP contribution in [-0.4, -0.2) is 39.9 Å². The van der Waals surface area contributed by atoms with Gasteiger partial charge in [0, 0.05) is 21.3 Å². The molecule has 0 heterocycles. The molecule has 0 saturated heterocycles. The largest absolute Gasteiger partial charge is 0.466 e. The van der Waals surface area contributed by atoms with Crippen LogP contribution in [-0.2, 0) is 23.7 Å². The molecule has 0 aromatic heterocycles. The number of esters is 1. The number of rotatable bonds is 7. The zero-order valence-corrected chi connectivity index (χ0v) is 11.8. The molecule has 0 aromatic rings. The summed E-state index contributed by atoms with van der Waals surface area (Å²) >= 11 is 0. The summed E-state index contributed by atoms with van der Waals surface area (Å²) in [6.45, 7) is 2.18. The van der Waals surface area contributed by atoms with Crippen LogP contribution >= 0.6 is 0 Å². The standard InChI is InChI=1S/C13H24O5/c1-5-18-11(14)10-12(8-6-7-9-12)13(15-2,16-3)17-4/h5-10H2,1-4H3. The van der Waals surface area contributed by atoms with E-state index in [-0.39, 0.29) is 12.4 Å². The van der Waals surface area contributed by atoms with Gasteiger partial charge in [0.2, 0.25) is 0 Å². The molecule has 0 N–H and O–H groups in total. The number of ether oxygens (including phenoxy) is 4. The first kappa shape index (κ1) is 15.4. The minimum atomic E-state index is -1.17. The summed E-state index contributed by atoms with van der Waals surface area (Å²) in [5.41, 5.74) is -0.461. The molecule has 18 heavy (non-hydrogen) atoms. The molecule has 1 saturated carbocycles. The maximum absolute atomic E-state index is 11.8. The van der Waals surface area contributed by atoms with Crippen LogP contribution in [0.5, 0.6) is 0 Å². The van der Waals surface area contributed by atoms with E-state index in [0.29, 0.717) is 6.61 Å². The van der Waals surface area contributed by atoms with Crippen molar-refractivity contribution in [1.82, 2.24) is 0 Å². The Bertz CT molecular complexity index is 258. The average molecular weight is 260 g/mol. The topological polar surface area (TPSA) is 54.0 Å². The molecule has 0 spiro atoms. The van der Waals surface area contributed by atoms with Crippen LogP contribution in [0.2, 0.25) is 0 Å². The third kappa shape index (κ3) is 2.68. The second kappa shape index (κ2) is 6.50. The lowest BCUT2D eigenvalue weighted by atomic mass is 9.79. The normalized spacial score (nSPS) is 18.9. The van der Waals surface area contributed by atoms with Crippen LogP contribution in [0.4, 0.5) is 0 Å². The average Bonchev–Trinajstić information content (AvgIpc) is 2.82. The second-order valence-electron chi connectivity index (χ2n) is 4.64. The van der Waals surface area contributed by atoms with Gasteiger partial charge in [0.25, 0.3) is 5.97 Å². The Morgan fingerprint density at radius 2 is 1.61 bits per heavy atom. The Morgan fingerprint density at radius 1 is 1.11 bits per heavy atom. The van der Waals surface area contributed by atoms with E-state index in [4.69, 9.17) is 18.9 Å². The van der Waals surface area contributed by atoms with E-state index in [9.17, 15) is 4.79 Å². The molecule has 1 rings (SSSR count). The highest BCUT2D eigenvalue weighted by Crippen LogP contribution is 2.51. The monoisotopic (exact) mass is 260 g/mol.